The summed E-state index contributed by atoms with van der Waals surface area (Å²) in [6, 6.07) is 6.21. The first-order valence-corrected chi connectivity index (χ1v) is 6.48. The zero-order chi connectivity index (χ0) is 12.0. The van der Waals surface area contributed by atoms with Crippen molar-refractivity contribution in [3.05, 3.63) is 40.7 Å². The van der Waals surface area contributed by atoms with Gasteiger partial charge in [-0.2, -0.15) is 0 Å². The van der Waals surface area contributed by atoms with Crippen LogP contribution >= 0.6 is 11.6 Å². The van der Waals surface area contributed by atoms with Gasteiger partial charge in [-0.05, 0) is 44.5 Å². The van der Waals surface area contributed by atoms with E-state index in [2.05, 4.69) is 35.0 Å². The molecule has 1 fully saturated rings. The van der Waals surface area contributed by atoms with Crippen LogP contribution in [0.4, 0.5) is 0 Å². The number of hydrogen-bond donors (Lipinski definition) is 1. The number of rotatable bonds is 3. The van der Waals surface area contributed by atoms with E-state index in [9.17, 15) is 0 Å². The molecular weight excluding hydrogens is 232 g/mol. The molecule has 3 rings (SSSR count). The van der Waals surface area contributed by atoms with Crippen LogP contribution in [0.3, 0.4) is 0 Å². The topological polar surface area (TPSA) is 16.4 Å². The van der Waals surface area contributed by atoms with Crippen molar-refractivity contribution in [3.8, 4) is 0 Å². The average Bonchev–Trinajstić information content (AvgIpc) is 3.05. The molecule has 1 aliphatic carbocycles. The zero-order valence-corrected chi connectivity index (χ0v) is 11.0. The molecule has 0 unspecified atom stereocenters. The summed E-state index contributed by atoms with van der Waals surface area (Å²) in [7, 11) is 2.02. The summed E-state index contributed by atoms with van der Waals surface area (Å²) in [5.41, 5.74) is 4.07. The molecule has 1 N–H and O–H groups in total. The Balaban J connectivity index is 2.26. The van der Waals surface area contributed by atoms with Crippen molar-refractivity contribution >= 4 is 17.1 Å². The number of pyridine rings is 1. The van der Waals surface area contributed by atoms with Gasteiger partial charge in [-0.15, -0.1) is 0 Å². The highest BCUT2D eigenvalue weighted by Gasteiger charge is 2.47. The highest BCUT2D eigenvalue weighted by Crippen LogP contribution is 2.50. The van der Waals surface area contributed by atoms with Gasteiger partial charge in [0.1, 0.15) is 0 Å². The summed E-state index contributed by atoms with van der Waals surface area (Å²) >= 11 is 6.44. The van der Waals surface area contributed by atoms with Crippen LogP contribution in [-0.2, 0) is 5.41 Å². The Morgan fingerprint density at radius 2 is 2.18 bits per heavy atom. The van der Waals surface area contributed by atoms with Gasteiger partial charge < -0.3 is 9.72 Å². The van der Waals surface area contributed by atoms with Crippen molar-refractivity contribution in [2.24, 2.45) is 0 Å². The maximum absolute atomic E-state index is 6.44. The SMILES string of the molecule is CNCC1(c2c(C)c(Cl)c3ccccn23)CC1. The van der Waals surface area contributed by atoms with Crippen molar-refractivity contribution in [3.63, 3.8) is 0 Å². The van der Waals surface area contributed by atoms with Crippen LogP contribution in [-0.4, -0.2) is 18.0 Å². The van der Waals surface area contributed by atoms with Crippen molar-refractivity contribution in [1.82, 2.24) is 9.72 Å². The maximum atomic E-state index is 6.44. The summed E-state index contributed by atoms with van der Waals surface area (Å²) in [5, 5.41) is 4.22. The number of aromatic nitrogens is 1. The number of halogens is 1. The first-order chi connectivity index (χ1) is 8.19. The average molecular weight is 249 g/mol. The largest absolute Gasteiger partial charge is 0.319 e. The van der Waals surface area contributed by atoms with Crippen LogP contribution in [0.5, 0.6) is 0 Å². The number of nitrogens with one attached hydrogen (secondary N) is 1. The second kappa shape index (κ2) is 3.76. The molecule has 2 aromatic heterocycles. The van der Waals surface area contributed by atoms with E-state index in [1.54, 1.807) is 0 Å². The van der Waals surface area contributed by atoms with Crippen LogP contribution < -0.4 is 5.32 Å². The van der Waals surface area contributed by atoms with Gasteiger partial charge >= 0.3 is 0 Å². The molecule has 1 saturated carbocycles. The lowest BCUT2D eigenvalue weighted by Crippen LogP contribution is -2.25. The van der Waals surface area contributed by atoms with Crippen LogP contribution in [0.1, 0.15) is 24.1 Å². The molecule has 1 aliphatic rings. The molecule has 0 saturated heterocycles. The first-order valence-electron chi connectivity index (χ1n) is 6.10. The fourth-order valence-corrected chi connectivity index (χ4v) is 3.18. The lowest BCUT2D eigenvalue weighted by atomic mass is 9.99. The van der Waals surface area contributed by atoms with Gasteiger partial charge in [-0.3, -0.25) is 0 Å². The van der Waals surface area contributed by atoms with Gasteiger partial charge in [-0.25, -0.2) is 0 Å². The normalized spacial score (nSPS) is 17.6. The zero-order valence-electron chi connectivity index (χ0n) is 10.3. The van der Waals surface area contributed by atoms with E-state index < -0.39 is 0 Å². The van der Waals surface area contributed by atoms with E-state index in [4.69, 9.17) is 11.6 Å². The molecule has 0 aromatic carbocycles. The van der Waals surface area contributed by atoms with Gasteiger partial charge in [-0.1, -0.05) is 17.7 Å². The molecule has 3 heteroatoms. The Hall–Kier alpha value is -0.990. The number of hydrogen-bond acceptors (Lipinski definition) is 1. The number of fused-ring (bicyclic) bond motifs is 1. The molecular formula is C14H17ClN2. The molecule has 17 heavy (non-hydrogen) atoms. The molecule has 0 spiro atoms. The first kappa shape index (κ1) is 11.1. The highest BCUT2D eigenvalue weighted by atomic mass is 35.5. The minimum Gasteiger partial charge on any atom is -0.319 e. The van der Waals surface area contributed by atoms with E-state index >= 15 is 0 Å². The van der Waals surface area contributed by atoms with E-state index in [1.165, 1.54) is 24.1 Å². The van der Waals surface area contributed by atoms with Crippen LogP contribution in [0, 0.1) is 6.92 Å². The number of nitrogens with zero attached hydrogens (tertiary/aromatic N) is 1. The van der Waals surface area contributed by atoms with E-state index in [0.29, 0.717) is 5.41 Å². The highest BCUT2D eigenvalue weighted by molar-refractivity contribution is 6.35. The second-order valence-electron chi connectivity index (χ2n) is 5.05. The van der Waals surface area contributed by atoms with Gasteiger partial charge in [0, 0.05) is 23.9 Å². The van der Waals surface area contributed by atoms with Gasteiger partial charge in [0.2, 0.25) is 0 Å². The molecule has 2 nitrogen and oxygen atoms in total. The molecule has 0 aliphatic heterocycles. The molecule has 90 valence electrons. The van der Waals surface area contributed by atoms with Crippen molar-refractivity contribution in [2.45, 2.75) is 25.2 Å². The van der Waals surface area contributed by atoms with E-state index in [0.717, 1.165) is 17.1 Å². The van der Waals surface area contributed by atoms with Crippen LogP contribution in [0.2, 0.25) is 5.02 Å². The Morgan fingerprint density at radius 1 is 1.41 bits per heavy atom. The predicted octanol–water partition coefficient (Wildman–Crippen LogP) is 3.15. The minimum atomic E-state index is 0.302. The molecule has 2 heterocycles. The maximum Gasteiger partial charge on any atom is 0.0693 e. The summed E-state index contributed by atoms with van der Waals surface area (Å²) in [4.78, 5) is 0. The van der Waals surface area contributed by atoms with Crippen molar-refractivity contribution < 1.29 is 0 Å². The Bertz CT molecular complexity index is 567. The van der Waals surface area contributed by atoms with Gasteiger partial charge in [0.25, 0.3) is 0 Å². The van der Waals surface area contributed by atoms with Gasteiger partial charge in [0.05, 0.1) is 10.5 Å². The summed E-state index contributed by atoms with van der Waals surface area (Å²) in [5.74, 6) is 0. The quantitative estimate of drug-likeness (QED) is 0.883. The lowest BCUT2D eigenvalue weighted by Gasteiger charge is -2.16. The molecule has 2 aromatic rings. The Morgan fingerprint density at radius 3 is 2.82 bits per heavy atom. The molecule has 0 bridgehead atoms. The second-order valence-corrected chi connectivity index (χ2v) is 5.43. The fraction of sp³-hybridized carbons (Fsp3) is 0.429. The van der Waals surface area contributed by atoms with E-state index in [-0.39, 0.29) is 0 Å². The number of likely N-dealkylation sites (N-methyl/N-ethyl adjacent to an activating group) is 1. The Kier molecular flexibility index (Phi) is 2.46. The van der Waals surface area contributed by atoms with Crippen LogP contribution in [0.15, 0.2) is 24.4 Å². The van der Waals surface area contributed by atoms with Crippen LogP contribution in [0.25, 0.3) is 5.52 Å². The summed E-state index contributed by atoms with van der Waals surface area (Å²) in [6.07, 6.45) is 4.64. The smallest absolute Gasteiger partial charge is 0.0693 e. The van der Waals surface area contributed by atoms with Gasteiger partial charge in [0.15, 0.2) is 0 Å². The summed E-state index contributed by atoms with van der Waals surface area (Å²) < 4.78 is 2.27. The lowest BCUT2D eigenvalue weighted by molar-refractivity contribution is 0.600. The third-order valence-corrected chi connectivity index (χ3v) is 4.36. The predicted molar refractivity (Wildman–Crippen MR) is 72.0 cm³/mol. The molecule has 0 atom stereocenters. The molecule has 0 amide bonds. The third-order valence-electron chi connectivity index (χ3n) is 3.88. The standard InChI is InChI=1S/C14H17ClN2/c1-10-12(15)11-5-3-4-8-17(11)13(10)14(6-7-14)9-16-2/h3-5,8,16H,6-7,9H2,1-2H3. The van der Waals surface area contributed by atoms with Crippen molar-refractivity contribution in [1.29, 1.82) is 0 Å². The molecule has 0 radical (unpaired) electrons. The van der Waals surface area contributed by atoms with E-state index in [1.807, 2.05) is 13.1 Å². The Labute approximate surface area is 107 Å². The minimum absolute atomic E-state index is 0.302. The third kappa shape index (κ3) is 1.51. The van der Waals surface area contributed by atoms with Crippen molar-refractivity contribution in [2.75, 3.05) is 13.6 Å². The fourth-order valence-electron chi connectivity index (χ4n) is 2.93. The summed E-state index contributed by atoms with van der Waals surface area (Å²) in [6.45, 7) is 3.17. The monoisotopic (exact) mass is 248 g/mol.